The van der Waals surface area contributed by atoms with Crippen LogP contribution in [-0.2, 0) is 10.3 Å². The van der Waals surface area contributed by atoms with Crippen LogP contribution in [0.4, 0.5) is 5.69 Å². The zero-order valence-corrected chi connectivity index (χ0v) is 13.5. The fraction of sp³-hybridized carbons (Fsp3) is 0.438. The van der Waals surface area contributed by atoms with Crippen LogP contribution in [0.2, 0.25) is 0 Å². The number of imidazole rings is 1. The molecule has 2 N–H and O–H groups in total. The first-order valence-electron chi connectivity index (χ1n) is 8.19. The maximum absolute atomic E-state index is 13.1. The van der Waals surface area contributed by atoms with Crippen LogP contribution in [0.1, 0.15) is 37.9 Å². The molecule has 2 heterocycles. The zero-order valence-electron chi connectivity index (χ0n) is 13.5. The summed E-state index contributed by atoms with van der Waals surface area (Å²) in [5.74, 6) is 0.788. The molecule has 1 saturated carbocycles. The molecule has 0 radical (unpaired) electrons. The molecule has 1 aliphatic rings. The summed E-state index contributed by atoms with van der Waals surface area (Å²) in [7, 11) is 0. The molecule has 0 saturated heterocycles. The first-order valence-corrected chi connectivity index (χ1v) is 8.19. The number of rotatable bonds is 3. The number of aromatic amines is 1. The van der Waals surface area contributed by atoms with Crippen molar-refractivity contribution in [2.75, 3.05) is 5.32 Å². The summed E-state index contributed by atoms with van der Waals surface area (Å²) in [6.45, 7) is 1.91. The van der Waals surface area contributed by atoms with Crippen molar-refractivity contribution < 1.29 is 4.79 Å². The van der Waals surface area contributed by atoms with E-state index in [-0.39, 0.29) is 5.91 Å². The fourth-order valence-corrected chi connectivity index (χ4v) is 3.52. The lowest BCUT2D eigenvalue weighted by molar-refractivity contribution is -0.126. The van der Waals surface area contributed by atoms with Crippen molar-refractivity contribution in [1.82, 2.24) is 30.2 Å². The van der Waals surface area contributed by atoms with Gasteiger partial charge in [-0.1, -0.05) is 19.3 Å². The molecule has 1 amide bonds. The molecule has 1 aromatic carbocycles. The monoisotopic (exact) mass is 325 g/mol. The number of nitrogens with zero attached hydrogens (tertiary/aromatic N) is 5. The van der Waals surface area contributed by atoms with Gasteiger partial charge in [0.1, 0.15) is 17.7 Å². The first-order chi connectivity index (χ1) is 11.7. The van der Waals surface area contributed by atoms with Crippen molar-refractivity contribution >= 4 is 22.6 Å². The molecule has 3 aromatic rings. The largest absolute Gasteiger partial charge is 0.342 e. The molecule has 0 unspecified atom stereocenters. The third-order valence-corrected chi connectivity index (χ3v) is 4.75. The molecule has 0 bridgehead atoms. The van der Waals surface area contributed by atoms with E-state index in [1.54, 1.807) is 4.68 Å². The van der Waals surface area contributed by atoms with E-state index in [1.807, 2.05) is 25.1 Å². The maximum Gasteiger partial charge on any atom is 0.252 e. The summed E-state index contributed by atoms with van der Waals surface area (Å²) in [6.07, 6.45) is 6.14. The Hall–Kier alpha value is -2.77. The van der Waals surface area contributed by atoms with Gasteiger partial charge in [0.15, 0.2) is 0 Å². The van der Waals surface area contributed by atoms with Crippen LogP contribution >= 0.6 is 0 Å². The SMILES string of the molecule is Cc1nc2ccc(NC(=O)C3(n4cnnn4)CCCCC3)cc2[nH]1. The van der Waals surface area contributed by atoms with Crippen LogP contribution in [-0.4, -0.2) is 36.1 Å². The molecule has 0 spiro atoms. The van der Waals surface area contributed by atoms with Gasteiger partial charge in [0.25, 0.3) is 5.91 Å². The van der Waals surface area contributed by atoms with Crippen LogP contribution in [0, 0.1) is 6.92 Å². The number of H-pyrrole nitrogens is 1. The van der Waals surface area contributed by atoms with Gasteiger partial charge in [-0.05, 0) is 48.4 Å². The number of amides is 1. The Morgan fingerprint density at radius 1 is 1.29 bits per heavy atom. The molecule has 4 rings (SSSR count). The van der Waals surface area contributed by atoms with E-state index in [2.05, 4.69) is 30.8 Å². The molecule has 0 aliphatic heterocycles. The average molecular weight is 325 g/mol. The molecule has 0 atom stereocenters. The Morgan fingerprint density at radius 3 is 2.88 bits per heavy atom. The third-order valence-electron chi connectivity index (χ3n) is 4.75. The predicted molar refractivity (Wildman–Crippen MR) is 88.3 cm³/mol. The van der Waals surface area contributed by atoms with Crippen LogP contribution < -0.4 is 5.32 Å². The Bertz CT molecular complexity index is 862. The summed E-state index contributed by atoms with van der Waals surface area (Å²) >= 11 is 0. The van der Waals surface area contributed by atoms with Gasteiger partial charge < -0.3 is 10.3 Å². The van der Waals surface area contributed by atoms with E-state index in [9.17, 15) is 4.79 Å². The zero-order chi connectivity index (χ0) is 16.6. The number of carbonyl (C=O) groups is 1. The van der Waals surface area contributed by atoms with Crippen LogP contribution in [0.25, 0.3) is 11.0 Å². The number of tetrazole rings is 1. The minimum absolute atomic E-state index is 0.0647. The molecule has 1 aliphatic carbocycles. The molecule has 8 nitrogen and oxygen atoms in total. The lowest BCUT2D eigenvalue weighted by Crippen LogP contribution is -2.47. The molecular weight excluding hydrogens is 306 g/mol. The van der Waals surface area contributed by atoms with Crippen molar-refractivity contribution in [3.8, 4) is 0 Å². The number of nitrogens with one attached hydrogen (secondary N) is 2. The number of aryl methyl sites for hydroxylation is 1. The topological polar surface area (TPSA) is 101 Å². The highest BCUT2D eigenvalue weighted by Crippen LogP contribution is 2.35. The normalized spacial score (nSPS) is 17.0. The Morgan fingerprint density at radius 2 is 2.12 bits per heavy atom. The summed E-state index contributed by atoms with van der Waals surface area (Å²) in [5.41, 5.74) is 1.83. The van der Waals surface area contributed by atoms with Gasteiger partial charge in [-0.25, -0.2) is 9.67 Å². The number of aromatic nitrogens is 6. The van der Waals surface area contributed by atoms with E-state index >= 15 is 0 Å². The van der Waals surface area contributed by atoms with Crippen LogP contribution in [0.15, 0.2) is 24.5 Å². The molecule has 2 aromatic heterocycles. The maximum atomic E-state index is 13.1. The van der Waals surface area contributed by atoms with E-state index in [4.69, 9.17) is 0 Å². The molecule has 24 heavy (non-hydrogen) atoms. The van der Waals surface area contributed by atoms with Gasteiger partial charge in [0.05, 0.1) is 11.0 Å². The van der Waals surface area contributed by atoms with Crippen molar-refractivity contribution in [3.05, 3.63) is 30.4 Å². The number of hydrogen-bond acceptors (Lipinski definition) is 5. The minimum atomic E-state index is -0.708. The number of anilines is 1. The van der Waals surface area contributed by atoms with Gasteiger partial charge in [-0.2, -0.15) is 0 Å². The molecular formula is C16H19N7O. The fourth-order valence-electron chi connectivity index (χ4n) is 3.52. The van der Waals surface area contributed by atoms with Crippen molar-refractivity contribution in [3.63, 3.8) is 0 Å². The highest BCUT2D eigenvalue weighted by atomic mass is 16.2. The minimum Gasteiger partial charge on any atom is -0.342 e. The quantitative estimate of drug-likeness (QED) is 0.768. The number of carbonyl (C=O) groups excluding carboxylic acids is 1. The average Bonchev–Trinajstić information content (AvgIpc) is 3.24. The predicted octanol–water partition coefficient (Wildman–Crippen LogP) is 2.16. The van der Waals surface area contributed by atoms with Gasteiger partial charge >= 0.3 is 0 Å². The summed E-state index contributed by atoms with van der Waals surface area (Å²) in [6, 6.07) is 5.68. The standard InChI is InChI=1S/C16H19N7O/c1-11-18-13-6-5-12(9-14(13)19-11)20-15(24)16(7-3-2-4-8-16)23-10-17-21-22-23/h5-6,9-10H,2-4,7-8H2,1H3,(H,18,19)(H,20,24). The van der Waals surface area contributed by atoms with Crippen molar-refractivity contribution in [1.29, 1.82) is 0 Å². The smallest absolute Gasteiger partial charge is 0.252 e. The second-order valence-corrected chi connectivity index (χ2v) is 6.35. The van der Waals surface area contributed by atoms with Crippen molar-refractivity contribution in [2.45, 2.75) is 44.6 Å². The summed E-state index contributed by atoms with van der Waals surface area (Å²) in [5, 5.41) is 14.5. The van der Waals surface area contributed by atoms with E-state index < -0.39 is 5.54 Å². The summed E-state index contributed by atoms with van der Waals surface area (Å²) < 4.78 is 1.61. The Balaban J connectivity index is 1.64. The van der Waals surface area contributed by atoms with Gasteiger partial charge in [0, 0.05) is 5.69 Å². The lowest BCUT2D eigenvalue weighted by Gasteiger charge is -2.35. The Labute approximate surface area is 138 Å². The molecule has 1 fully saturated rings. The van der Waals surface area contributed by atoms with Gasteiger partial charge in [0.2, 0.25) is 0 Å². The first kappa shape index (κ1) is 14.8. The van der Waals surface area contributed by atoms with Gasteiger partial charge in [-0.15, -0.1) is 5.10 Å². The number of fused-ring (bicyclic) bond motifs is 1. The van der Waals surface area contributed by atoms with Crippen LogP contribution in [0.3, 0.4) is 0 Å². The molecule has 8 heteroatoms. The second kappa shape index (κ2) is 5.70. The third kappa shape index (κ3) is 2.44. The highest BCUT2D eigenvalue weighted by Gasteiger charge is 2.42. The Kier molecular flexibility index (Phi) is 3.51. The van der Waals surface area contributed by atoms with E-state index in [0.29, 0.717) is 0 Å². The second-order valence-electron chi connectivity index (χ2n) is 6.35. The van der Waals surface area contributed by atoms with Gasteiger partial charge in [-0.3, -0.25) is 4.79 Å². The number of hydrogen-bond donors (Lipinski definition) is 2. The van der Waals surface area contributed by atoms with E-state index in [1.165, 1.54) is 6.33 Å². The summed E-state index contributed by atoms with van der Waals surface area (Å²) in [4.78, 5) is 20.6. The number of benzene rings is 1. The van der Waals surface area contributed by atoms with Crippen LogP contribution in [0.5, 0.6) is 0 Å². The highest BCUT2D eigenvalue weighted by molar-refractivity contribution is 5.98. The molecule has 124 valence electrons. The lowest BCUT2D eigenvalue weighted by atomic mass is 9.81. The van der Waals surface area contributed by atoms with E-state index in [0.717, 1.165) is 54.6 Å². The van der Waals surface area contributed by atoms with Crippen molar-refractivity contribution in [2.24, 2.45) is 0 Å².